The van der Waals surface area contributed by atoms with Gasteiger partial charge in [-0.2, -0.15) is 0 Å². The lowest BCUT2D eigenvalue weighted by Crippen LogP contribution is -2.33. The van der Waals surface area contributed by atoms with E-state index in [4.69, 9.17) is 0 Å². The average molecular weight is 454 g/mol. The van der Waals surface area contributed by atoms with E-state index in [9.17, 15) is 9.59 Å². The summed E-state index contributed by atoms with van der Waals surface area (Å²) in [6.45, 7) is 0. The van der Waals surface area contributed by atoms with Crippen molar-refractivity contribution < 1.29 is 4.79 Å². The van der Waals surface area contributed by atoms with Crippen molar-refractivity contribution in [3.63, 3.8) is 0 Å². The second-order valence-corrected chi connectivity index (χ2v) is 9.73. The number of rotatable bonds is 5. The van der Waals surface area contributed by atoms with Crippen LogP contribution in [0.2, 0.25) is 0 Å². The number of hydrogen-bond donors (Lipinski definition) is 1. The number of anilines is 1. The van der Waals surface area contributed by atoms with Crippen molar-refractivity contribution >= 4 is 34.3 Å². The maximum atomic E-state index is 13.3. The Kier molecular flexibility index (Phi) is 5.03. The first kappa shape index (κ1) is 20.2. The lowest BCUT2D eigenvalue weighted by atomic mass is 9.96. The van der Waals surface area contributed by atoms with E-state index in [2.05, 4.69) is 22.4 Å². The number of aromatic nitrogens is 2. The molecule has 2 aromatic carbocycles. The summed E-state index contributed by atoms with van der Waals surface area (Å²) in [5.41, 5.74) is 5.14. The first-order valence-electron chi connectivity index (χ1n) is 11.3. The van der Waals surface area contributed by atoms with Gasteiger partial charge in [-0.1, -0.05) is 36.4 Å². The Morgan fingerprint density at radius 3 is 2.70 bits per heavy atom. The van der Waals surface area contributed by atoms with E-state index < -0.39 is 6.04 Å². The number of para-hydroxylation sites is 1. The van der Waals surface area contributed by atoms with Gasteiger partial charge in [-0.15, -0.1) is 11.8 Å². The maximum absolute atomic E-state index is 13.3. The molecule has 1 aliphatic heterocycles. The van der Waals surface area contributed by atoms with Crippen molar-refractivity contribution in [2.24, 2.45) is 0 Å². The van der Waals surface area contributed by atoms with Gasteiger partial charge >= 0.3 is 0 Å². The number of fused-ring (bicyclic) bond motifs is 2. The molecule has 1 saturated carbocycles. The summed E-state index contributed by atoms with van der Waals surface area (Å²) in [5.74, 6) is 0.914. The number of carbonyl (C=O) groups excluding carboxylic acids is 1. The molecule has 1 unspecified atom stereocenters. The second kappa shape index (κ2) is 8.19. The minimum atomic E-state index is -0.494. The molecule has 0 saturated heterocycles. The van der Waals surface area contributed by atoms with Crippen LogP contribution in [-0.4, -0.2) is 21.2 Å². The van der Waals surface area contributed by atoms with Crippen LogP contribution in [0.1, 0.15) is 41.5 Å². The van der Waals surface area contributed by atoms with E-state index in [1.54, 1.807) is 28.6 Å². The first-order chi connectivity index (χ1) is 16.2. The van der Waals surface area contributed by atoms with Gasteiger partial charge < -0.3 is 5.32 Å². The third-order valence-electron chi connectivity index (χ3n) is 6.47. The molecule has 6 heteroatoms. The van der Waals surface area contributed by atoms with Crippen molar-refractivity contribution in [3.05, 3.63) is 100.0 Å². The van der Waals surface area contributed by atoms with Gasteiger partial charge in [0.2, 0.25) is 5.91 Å². The predicted molar refractivity (Wildman–Crippen MR) is 132 cm³/mol. The number of pyridine rings is 2. The smallest absolute Gasteiger partial charge is 0.252 e. The zero-order chi connectivity index (χ0) is 22.4. The molecule has 0 radical (unpaired) electrons. The number of nitrogens with zero attached hydrogens (tertiary/aromatic N) is 2. The molecule has 5 nitrogen and oxygen atoms in total. The topological polar surface area (TPSA) is 64.0 Å². The van der Waals surface area contributed by atoms with E-state index in [0.717, 1.165) is 40.0 Å². The molecule has 0 bridgehead atoms. The first-order valence-corrected chi connectivity index (χ1v) is 12.3. The Balaban J connectivity index is 1.39. The Labute approximate surface area is 195 Å². The molecule has 1 N–H and O–H groups in total. The van der Waals surface area contributed by atoms with Gasteiger partial charge in [0.15, 0.2) is 0 Å². The molecule has 0 spiro atoms. The normalized spacial score (nSPS) is 17.2. The molecule has 6 rings (SSSR count). The van der Waals surface area contributed by atoms with Crippen LogP contribution in [0.15, 0.2) is 82.7 Å². The van der Waals surface area contributed by atoms with Crippen LogP contribution >= 0.6 is 11.8 Å². The number of nitrogens with one attached hydrogen (secondary N) is 1. The molecular formula is C27H23N3O2S. The van der Waals surface area contributed by atoms with Crippen LogP contribution in [0.5, 0.6) is 0 Å². The minimum absolute atomic E-state index is 0.0963. The van der Waals surface area contributed by atoms with E-state index in [0.29, 0.717) is 18.1 Å². The lowest BCUT2D eigenvalue weighted by molar-refractivity contribution is -0.118. The summed E-state index contributed by atoms with van der Waals surface area (Å²) in [5, 5.41) is 5.07. The van der Waals surface area contributed by atoms with Gasteiger partial charge in [-0.25, -0.2) is 0 Å². The molecule has 3 heterocycles. The van der Waals surface area contributed by atoms with Gasteiger partial charge in [0, 0.05) is 29.1 Å². The quantitative estimate of drug-likeness (QED) is 0.454. The summed E-state index contributed by atoms with van der Waals surface area (Å²) < 4.78 is 1.73. The fourth-order valence-corrected chi connectivity index (χ4v) is 6.19. The third-order valence-corrected chi connectivity index (χ3v) is 7.64. The number of carbonyl (C=O) groups is 1. The number of thioether (sulfide) groups is 1. The highest BCUT2D eigenvalue weighted by Gasteiger charge is 2.37. The molecule has 2 aromatic heterocycles. The van der Waals surface area contributed by atoms with E-state index in [1.807, 2.05) is 48.5 Å². The molecule has 1 aliphatic carbocycles. The van der Waals surface area contributed by atoms with Crippen LogP contribution in [0.25, 0.3) is 10.9 Å². The zero-order valence-electron chi connectivity index (χ0n) is 18.0. The Morgan fingerprint density at radius 2 is 1.88 bits per heavy atom. The number of amides is 1. The highest BCUT2D eigenvalue weighted by Crippen LogP contribution is 2.48. The highest BCUT2D eigenvalue weighted by atomic mass is 32.2. The fourth-order valence-electron chi connectivity index (χ4n) is 4.76. The van der Waals surface area contributed by atoms with Gasteiger partial charge in [-0.3, -0.25) is 19.1 Å². The van der Waals surface area contributed by atoms with Crippen LogP contribution in [-0.2, 0) is 11.2 Å². The SMILES string of the molecule is O=C(Nc1ccccc1)C1CSc2c(C3CC3)c(Cc3cccc4ncccc34)cc(=O)n21. The third kappa shape index (κ3) is 3.74. The average Bonchev–Trinajstić information content (AvgIpc) is 3.57. The van der Waals surface area contributed by atoms with Crippen molar-refractivity contribution in [3.8, 4) is 0 Å². The Hall–Kier alpha value is -3.38. The largest absolute Gasteiger partial charge is 0.324 e. The van der Waals surface area contributed by atoms with Crippen LogP contribution in [0, 0.1) is 0 Å². The number of hydrogen-bond acceptors (Lipinski definition) is 4. The molecule has 2 aliphatic rings. The van der Waals surface area contributed by atoms with Crippen molar-refractivity contribution in [1.29, 1.82) is 0 Å². The summed E-state index contributed by atoms with van der Waals surface area (Å²) in [4.78, 5) is 30.8. The standard InChI is InChI=1S/C27H23N3O2S/c31-24-15-19(14-18-6-4-10-22-21(18)9-5-13-28-22)25(17-11-12-17)27-30(24)23(16-33-27)26(32)29-20-7-2-1-3-8-20/h1-10,13,15,17,23H,11-12,14,16H2,(H,29,32). The second-order valence-electron chi connectivity index (χ2n) is 8.72. The van der Waals surface area contributed by atoms with Crippen molar-refractivity contribution in [1.82, 2.24) is 9.55 Å². The van der Waals surface area contributed by atoms with E-state index in [1.165, 1.54) is 11.1 Å². The van der Waals surface area contributed by atoms with Crippen LogP contribution in [0.3, 0.4) is 0 Å². The van der Waals surface area contributed by atoms with Crippen LogP contribution in [0.4, 0.5) is 5.69 Å². The molecule has 1 atom stereocenters. The van der Waals surface area contributed by atoms with Gasteiger partial charge in [0.1, 0.15) is 6.04 Å². The zero-order valence-corrected chi connectivity index (χ0v) is 18.8. The molecular weight excluding hydrogens is 430 g/mol. The monoisotopic (exact) mass is 453 g/mol. The minimum Gasteiger partial charge on any atom is -0.324 e. The van der Waals surface area contributed by atoms with Gasteiger partial charge in [0.05, 0.1) is 10.5 Å². The summed E-state index contributed by atoms with van der Waals surface area (Å²) in [7, 11) is 0. The molecule has 4 aromatic rings. The van der Waals surface area contributed by atoms with E-state index >= 15 is 0 Å². The predicted octanol–water partition coefficient (Wildman–Crippen LogP) is 5.15. The summed E-state index contributed by atoms with van der Waals surface area (Å²) in [6, 6.07) is 20.9. The van der Waals surface area contributed by atoms with E-state index in [-0.39, 0.29) is 11.5 Å². The number of benzene rings is 2. The lowest BCUT2D eigenvalue weighted by Gasteiger charge is -2.18. The fraction of sp³-hybridized carbons (Fsp3) is 0.222. The maximum Gasteiger partial charge on any atom is 0.252 e. The molecule has 1 amide bonds. The molecule has 33 heavy (non-hydrogen) atoms. The highest BCUT2D eigenvalue weighted by molar-refractivity contribution is 7.99. The molecule has 164 valence electrons. The van der Waals surface area contributed by atoms with Crippen LogP contribution < -0.4 is 10.9 Å². The Morgan fingerprint density at radius 1 is 1.03 bits per heavy atom. The van der Waals surface area contributed by atoms with Gasteiger partial charge in [-0.05, 0) is 66.1 Å². The summed E-state index contributed by atoms with van der Waals surface area (Å²) in [6.07, 6.45) is 4.77. The Bertz CT molecular complexity index is 1420. The van der Waals surface area contributed by atoms with Crippen molar-refractivity contribution in [2.45, 2.75) is 36.2 Å². The van der Waals surface area contributed by atoms with Crippen molar-refractivity contribution in [2.75, 3.05) is 11.1 Å². The molecule has 1 fully saturated rings. The van der Waals surface area contributed by atoms with Gasteiger partial charge in [0.25, 0.3) is 5.56 Å². The summed E-state index contributed by atoms with van der Waals surface area (Å²) >= 11 is 1.64.